The normalized spacial score (nSPS) is 12.6. The summed E-state index contributed by atoms with van der Waals surface area (Å²) in [5.74, 6) is 0.463. The molecular weight excluding hydrogens is 302 g/mol. The van der Waals surface area contributed by atoms with Crippen LogP contribution in [0.15, 0.2) is 17.5 Å². The molecule has 0 radical (unpaired) electrons. The standard InChI is InChI=1S/C14H21N5O2S/c1-5-10-13(19(20)21)14(18(4)16-10)15-9-11(17(2)3)12-7-6-8-22-12/h6-8,11,15H,5,9H2,1-4H3. The van der Waals surface area contributed by atoms with Crippen molar-refractivity contribution in [3.05, 3.63) is 38.2 Å². The third-order valence-electron chi connectivity index (χ3n) is 3.57. The zero-order valence-electron chi connectivity index (χ0n) is 13.2. The zero-order chi connectivity index (χ0) is 16.3. The maximum absolute atomic E-state index is 11.3. The molecule has 2 aromatic heterocycles. The average Bonchev–Trinajstić information content (AvgIpc) is 3.07. The van der Waals surface area contributed by atoms with Gasteiger partial charge in [0.1, 0.15) is 5.69 Å². The zero-order valence-corrected chi connectivity index (χ0v) is 14.1. The van der Waals surface area contributed by atoms with E-state index >= 15 is 0 Å². The number of nitro groups is 1. The first-order valence-electron chi connectivity index (χ1n) is 7.09. The Balaban J connectivity index is 2.23. The van der Waals surface area contributed by atoms with Crippen LogP contribution in [0.25, 0.3) is 0 Å². The van der Waals surface area contributed by atoms with Gasteiger partial charge in [-0.2, -0.15) is 5.10 Å². The summed E-state index contributed by atoms with van der Waals surface area (Å²) in [6, 6.07) is 4.24. The lowest BCUT2D eigenvalue weighted by molar-refractivity contribution is -0.384. The van der Waals surface area contributed by atoms with Crippen molar-refractivity contribution in [3.63, 3.8) is 0 Å². The lowest BCUT2D eigenvalue weighted by Crippen LogP contribution is -2.26. The first-order chi connectivity index (χ1) is 10.5. The number of hydrogen-bond donors (Lipinski definition) is 1. The number of thiophene rings is 1. The molecule has 2 aromatic rings. The topological polar surface area (TPSA) is 76.2 Å². The Labute approximate surface area is 133 Å². The van der Waals surface area contributed by atoms with Crippen molar-refractivity contribution in [2.24, 2.45) is 7.05 Å². The molecule has 0 amide bonds. The first kappa shape index (κ1) is 16.4. The molecule has 0 saturated heterocycles. The van der Waals surface area contributed by atoms with Crippen LogP contribution >= 0.6 is 11.3 Å². The van der Waals surface area contributed by atoms with Crippen LogP contribution in [0, 0.1) is 10.1 Å². The van der Waals surface area contributed by atoms with E-state index in [0.29, 0.717) is 24.5 Å². The highest BCUT2D eigenvalue weighted by molar-refractivity contribution is 7.10. The van der Waals surface area contributed by atoms with Gasteiger partial charge in [-0.15, -0.1) is 11.3 Å². The molecule has 0 aliphatic rings. The monoisotopic (exact) mass is 323 g/mol. The van der Waals surface area contributed by atoms with Gasteiger partial charge in [-0.25, -0.2) is 4.68 Å². The van der Waals surface area contributed by atoms with E-state index in [2.05, 4.69) is 21.4 Å². The van der Waals surface area contributed by atoms with E-state index in [-0.39, 0.29) is 16.7 Å². The van der Waals surface area contributed by atoms with E-state index in [1.807, 2.05) is 32.5 Å². The maximum atomic E-state index is 11.3. The molecule has 0 fully saturated rings. The quantitative estimate of drug-likeness (QED) is 0.626. The molecule has 1 unspecified atom stereocenters. The number of likely N-dealkylation sites (N-methyl/N-ethyl adjacent to an activating group) is 1. The average molecular weight is 323 g/mol. The Morgan fingerprint density at radius 2 is 2.27 bits per heavy atom. The Kier molecular flexibility index (Phi) is 5.15. The van der Waals surface area contributed by atoms with Gasteiger partial charge in [-0.05, 0) is 32.0 Å². The van der Waals surface area contributed by atoms with Crippen molar-refractivity contribution in [2.45, 2.75) is 19.4 Å². The second-order valence-corrected chi connectivity index (χ2v) is 6.23. The van der Waals surface area contributed by atoms with Crippen LogP contribution in [0.5, 0.6) is 0 Å². The Morgan fingerprint density at radius 1 is 1.55 bits per heavy atom. The van der Waals surface area contributed by atoms with Crippen LogP contribution in [0.1, 0.15) is 23.5 Å². The number of nitrogens with one attached hydrogen (secondary N) is 1. The maximum Gasteiger partial charge on any atom is 0.333 e. The first-order valence-corrected chi connectivity index (χ1v) is 7.97. The molecule has 0 aliphatic carbocycles. The van der Waals surface area contributed by atoms with Crippen LogP contribution < -0.4 is 5.32 Å². The fourth-order valence-corrected chi connectivity index (χ4v) is 3.33. The van der Waals surface area contributed by atoms with Gasteiger partial charge in [0.05, 0.1) is 11.0 Å². The number of nitrogens with zero attached hydrogens (tertiary/aromatic N) is 4. The lowest BCUT2D eigenvalue weighted by atomic mass is 10.2. The Hall–Kier alpha value is -1.93. The summed E-state index contributed by atoms with van der Waals surface area (Å²) in [5.41, 5.74) is 0.584. The molecular formula is C14H21N5O2S. The van der Waals surface area contributed by atoms with Crippen molar-refractivity contribution < 1.29 is 4.92 Å². The molecule has 8 heteroatoms. The van der Waals surface area contributed by atoms with Gasteiger partial charge in [-0.1, -0.05) is 13.0 Å². The molecule has 2 heterocycles. The van der Waals surface area contributed by atoms with Crippen LogP contribution in [-0.2, 0) is 13.5 Å². The molecule has 0 saturated carbocycles. The van der Waals surface area contributed by atoms with E-state index in [0.717, 1.165) is 0 Å². The van der Waals surface area contributed by atoms with Gasteiger partial charge in [0.15, 0.2) is 0 Å². The van der Waals surface area contributed by atoms with Crippen LogP contribution in [0.3, 0.4) is 0 Å². The lowest BCUT2D eigenvalue weighted by Gasteiger charge is -2.23. The van der Waals surface area contributed by atoms with Gasteiger partial charge in [0.2, 0.25) is 5.82 Å². The highest BCUT2D eigenvalue weighted by Crippen LogP contribution is 2.30. The second-order valence-electron chi connectivity index (χ2n) is 5.25. The third kappa shape index (κ3) is 3.28. The van der Waals surface area contributed by atoms with Crippen molar-refractivity contribution in [1.29, 1.82) is 0 Å². The summed E-state index contributed by atoms with van der Waals surface area (Å²) in [6.07, 6.45) is 0.536. The highest BCUT2D eigenvalue weighted by atomic mass is 32.1. The van der Waals surface area contributed by atoms with Crippen LogP contribution in [-0.4, -0.2) is 40.2 Å². The van der Waals surface area contributed by atoms with Crippen molar-refractivity contribution in [3.8, 4) is 0 Å². The van der Waals surface area contributed by atoms with Crippen molar-refractivity contribution in [2.75, 3.05) is 26.0 Å². The van der Waals surface area contributed by atoms with Crippen LogP contribution in [0.4, 0.5) is 11.5 Å². The summed E-state index contributed by atoms with van der Waals surface area (Å²) in [6.45, 7) is 2.45. The number of aromatic nitrogens is 2. The molecule has 7 nitrogen and oxygen atoms in total. The van der Waals surface area contributed by atoms with E-state index in [4.69, 9.17) is 0 Å². The third-order valence-corrected chi connectivity index (χ3v) is 4.54. The highest BCUT2D eigenvalue weighted by Gasteiger charge is 2.26. The summed E-state index contributed by atoms with van der Waals surface area (Å²) in [5, 5.41) is 20.8. The molecule has 0 spiro atoms. The largest absolute Gasteiger partial charge is 0.363 e. The molecule has 1 N–H and O–H groups in total. The molecule has 0 aromatic carbocycles. The number of hydrogen-bond acceptors (Lipinski definition) is 6. The number of anilines is 1. The number of aryl methyl sites for hydroxylation is 2. The van der Waals surface area contributed by atoms with Gasteiger partial charge in [0, 0.05) is 18.5 Å². The van der Waals surface area contributed by atoms with Gasteiger partial charge in [-0.3, -0.25) is 10.1 Å². The molecule has 22 heavy (non-hydrogen) atoms. The Morgan fingerprint density at radius 3 is 2.77 bits per heavy atom. The minimum Gasteiger partial charge on any atom is -0.363 e. The SMILES string of the molecule is CCc1nn(C)c(NCC(c2cccs2)N(C)C)c1[N+](=O)[O-]. The van der Waals surface area contributed by atoms with E-state index in [1.54, 1.807) is 23.1 Å². The fraction of sp³-hybridized carbons (Fsp3) is 0.500. The predicted octanol–water partition coefficient (Wildman–Crippen LogP) is 2.67. The molecule has 0 bridgehead atoms. The molecule has 120 valence electrons. The minimum atomic E-state index is -0.357. The van der Waals surface area contributed by atoms with Crippen molar-refractivity contribution >= 4 is 22.8 Å². The summed E-state index contributed by atoms with van der Waals surface area (Å²) in [7, 11) is 5.73. The summed E-state index contributed by atoms with van der Waals surface area (Å²) < 4.78 is 1.55. The van der Waals surface area contributed by atoms with Crippen molar-refractivity contribution in [1.82, 2.24) is 14.7 Å². The molecule has 0 aliphatic heterocycles. The van der Waals surface area contributed by atoms with Gasteiger partial charge in [0.25, 0.3) is 0 Å². The summed E-state index contributed by atoms with van der Waals surface area (Å²) in [4.78, 5) is 14.3. The minimum absolute atomic E-state index is 0.0775. The van der Waals surface area contributed by atoms with E-state index in [9.17, 15) is 10.1 Å². The smallest absolute Gasteiger partial charge is 0.333 e. The van der Waals surface area contributed by atoms with Crippen LogP contribution in [0.2, 0.25) is 0 Å². The molecule has 2 rings (SSSR count). The predicted molar refractivity (Wildman–Crippen MR) is 88.5 cm³/mol. The van der Waals surface area contributed by atoms with E-state index in [1.165, 1.54) is 4.88 Å². The van der Waals surface area contributed by atoms with Gasteiger partial charge >= 0.3 is 5.69 Å². The molecule has 1 atom stereocenters. The second kappa shape index (κ2) is 6.89. The van der Waals surface area contributed by atoms with Gasteiger partial charge < -0.3 is 10.2 Å². The summed E-state index contributed by atoms with van der Waals surface area (Å²) >= 11 is 1.68. The fourth-order valence-electron chi connectivity index (χ4n) is 2.41. The Bertz CT molecular complexity index is 636. The van der Waals surface area contributed by atoms with E-state index < -0.39 is 0 Å². The number of rotatable bonds is 7.